The van der Waals surface area contributed by atoms with Crippen molar-refractivity contribution in [3.8, 4) is 0 Å². The molecule has 3 aromatic rings. The molecule has 1 aliphatic heterocycles. The third kappa shape index (κ3) is 2.55. The van der Waals surface area contributed by atoms with Crippen molar-refractivity contribution in [3.05, 3.63) is 74.5 Å². The first-order valence-corrected chi connectivity index (χ1v) is 8.65. The molecule has 0 atom stereocenters. The number of carbonyl (C=O) groups excluding carboxylic acids is 1. The van der Waals surface area contributed by atoms with E-state index in [0.29, 0.717) is 6.54 Å². The van der Waals surface area contributed by atoms with Crippen molar-refractivity contribution in [1.82, 2.24) is 4.98 Å². The van der Waals surface area contributed by atoms with E-state index in [4.69, 9.17) is 0 Å². The van der Waals surface area contributed by atoms with E-state index < -0.39 is 0 Å². The van der Waals surface area contributed by atoms with Crippen LogP contribution in [-0.4, -0.2) is 17.4 Å². The summed E-state index contributed by atoms with van der Waals surface area (Å²) in [4.78, 5) is 29.9. The lowest BCUT2D eigenvalue weighted by Gasteiger charge is -2.29. The number of rotatable bonds is 1. The number of aryl methyl sites for hydroxylation is 1. The second-order valence-corrected chi connectivity index (χ2v) is 6.85. The Morgan fingerprint density at radius 1 is 1.12 bits per heavy atom. The van der Waals surface area contributed by atoms with E-state index in [1.165, 1.54) is 0 Å². The third-order valence-corrected chi connectivity index (χ3v) is 4.89. The highest BCUT2D eigenvalue weighted by atomic mass is 79.9. The number of amides is 1. The minimum atomic E-state index is -0.349. The summed E-state index contributed by atoms with van der Waals surface area (Å²) in [6.45, 7) is 0.631. The van der Waals surface area contributed by atoms with Gasteiger partial charge in [0.25, 0.3) is 11.5 Å². The van der Waals surface area contributed by atoms with Crippen LogP contribution in [0.3, 0.4) is 0 Å². The Bertz CT molecular complexity index is 1010. The van der Waals surface area contributed by atoms with Gasteiger partial charge in [0.05, 0.1) is 0 Å². The van der Waals surface area contributed by atoms with E-state index >= 15 is 0 Å². The summed E-state index contributed by atoms with van der Waals surface area (Å²) in [5.74, 6) is -0.245. The van der Waals surface area contributed by atoms with Crippen LogP contribution in [0.15, 0.2) is 57.8 Å². The number of pyridine rings is 1. The van der Waals surface area contributed by atoms with E-state index in [1.54, 1.807) is 11.0 Å². The second-order valence-electron chi connectivity index (χ2n) is 5.93. The van der Waals surface area contributed by atoms with Gasteiger partial charge < -0.3 is 9.88 Å². The predicted molar refractivity (Wildman–Crippen MR) is 98.7 cm³/mol. The number of hydrogen-bond donors (Lipinski definition) is 1. The number of carbonyl (C=O) groups is 1. The van der Waals surface area contributed by atoms with Crippen LogP contribution in [0.5, 0.6) is 0 Å². The minimum absolute atomic E-state index is 0.178. The standard InChI is InChI=1S/C19H15BrN2O2/c20-14-7-8-16-13(10-14)11-15(18(23)21-16)19(24)22-9-3-5-12-4-1-2-6-17(12)22/h1-2,4,6-8,10-11H,3,5,9H2,(H,21,23). The van der Waals surface area contributed by atoms with Gasteiger partial charge in [0.2, 0.25) is 0 Å². The Morgan fingerprint density at radius 2 is 1.96 bits per heavy atom. The molecule has 4 rings (SSSR count). The maximum Gasteiger partial charge on any atom is 0.263 e. The average Bonchev–Trinajstić information content (AvgIpc) is 2.60. The summed E-state index contributed by atoms with van der Waals surface area (Å²) in [6, 6.07) is 15.1. The van der Waals surface area contributed by atoms with E-state index in [9.17, 15) is 9.59 Å². The molecule has 0 spiro atoms. The van der Waals surface area contributed by atoms with Crippen molar-refractivity contribution in [2.75, 3.05) is 11.4 Å². The molecule has 0 aliphatic carbocycles. The molecular weight excluding hydrogens is 368 g/mol. The van der Waals surface area contributed by atoms with Crippen molar-refractivity contribution in [3.63, 3.8) is 0 Å². The molecule has 0 saturated heterocycles. The predicted octanol–water partition coefficient (Wildman–Crippen LogP) is 3.88. The van der Waals surface area contributed by atoms with Crippen LogP contribution < -0.4 is 10.5 Å². The third-order valence-electron chi connectivity index (χ3n) is 4.39. The molecule has 1 amide bonds. The van der Waals surface area contributed by atoms with Gasteiger partial charge in [-0.2, -0.15) is 0 Å². The van der Waals surface area contributed by atoms with Crippen molar-refractivity contribution in [2.45, 2.75) is 12.8 Å². The number of H-pyrrole nitrogens is 1. The van der Waals surface area contributed by atoms with E-state index in [1.807, 2.05) is 42.5 Å². The number of benzene rings is 2. The molecule has 1 aromatic heterocycles. The number of hydrogen-bond acceptors (Lipinski definition) is 2. The number of nitrogens with zero attached hydrogens (tertiary/aromatic N) is 1. The summed E-state index contributed by atoms with van der Waals surface area (Å²) >= 11 is 3.42. The Morgan fingerprint density at radius 3 is 2.83 bits per heavy atom. The van der Waals surface area contributed by atoms with E-state index in [2.05, 4.69) is 20.9 Å². The zero-order valence-electron chi connectivity index (χ0n) is 12.9. The number of aromatic amines is 1. The smallest absolute Gasteiger partial charge is 0.263 e. The molecule has 1 aliphatic rings. The fraction of sp³-hybridized carbons (Fsp3) is 0.158. The monoisotopic (exact) mass is 382 g/mol. The van der Waals surface area contributed by atoms with Crippen molar-refractivity contribution >= 4 is 38.4 Å². The van der Waals surface area contributed by atoms with E-state index in [-0.39, 0.29) is 17.0 Å². The van der Waals surface area contributed by atoms with Gasteiger partial charge in [-0.05, 0) is 48.7 Å². The highest BCUT2D eigenvalue weighted by Crippen LogP contribution is 2.28. The maximum atomic E-state index is 13.0. The Balaban J connectivity index is 1.82. The number of fused-ring (bicyclic) bond motifs is 2. The molecule has 0 fully saturated rings. The minimum Gasteiger partial charge on any atom is -0.321 e. The maximum absolute atomic E-state index is 13.0. The lowest BCUT2D eigenvalue weighted by atomic mass is 10.0. The molecule has 2 heterocycles. The Hall–Kier alpha value is -2.40. The molecular formula is C19H15BrN2O2. The van der Waals surface area contributed by atoms with Crippen molar-refractivity contribution in [1.29, 1.82) is 0 Å². The fourth-order valence-electron chi connectivity index (χ4n) is 3.23. The van der Waals surface area contributed by atoms with Gasteiger partial charge >= 0.3 is 0 Å². The summed E-state index contributed by atoms with van der Waals surface area (Å²) in [5, 5.41) is 0.831. The first kappa shape index (κ1) is 15.1. The van der Waals surface area contributed by atoms with Crippen LogP contribution in [0.25, 0.3) is 10.9 Å². The summed E-state index contributed by atoms with van der Waals surface area (Å²) in [7, 11) is 0. The van der Waals surface area contributed by atoms with Gasteiger partial charge in [0.15, 0.2) is 0 Å². The van der Waals surface area contributed by atoms with Gasteiger partial charge in [-0.1, -0.05) is 34.1 Å². The van der Waals surface area contributed by atoms with Crippen LogP contribution in [0.1, 0.15) is 22.3 Å². The first-order chi connectivity index (χ1) is 11.6. The quantitative estimate of drug-likeness (QED) is 0.694. The topological polar surface area (TPSA) is 53.2 Å². The van der Waals surface area contributed by atoms with Crippen LogP contribution in [-0.2, 0) is 6.42 Å². The van der Waals surface area contributed by atoms with E-state index in [0.717, 1.165) is 39.5 Å². The molecule has 24 heavy (non-hydrogen) atoms. The van der Waals surface area contributed by atoms with Gasteiger partial charge in [-0.3, -0.25) is 9.59 Å². The largest absolute Gasteiger partial charge is 0.321 e. The van der Waals surface area contributed by atoms with Crippen LogP contribution in [0, 0.1) is 0 Å². The normalized spacial score (nSPS) is 13.8. The van der Waals surface area contributed by atoms with Crippen molar-refractivity contribution < 1.29 is 4.79 Å². The highest BCUT2D eigenvalue weighted by Gasteiger charge is 2.25. The molecule has 120 valence electrons. The second kappa shape index (κ2) is 5.91. The van der Waals surface area contributed by atoms with Crippen LogP contribution >= 0.6 is 15.9 Å². The summed E-state index contributed by atoms with van der Waals surface area (Å²) in [5.41, 5.74) is 2.61. The van der Waals surface area contributed by atoms with Gasteiger partial charge in [0, 0.05) is 27.6 Å². The number of anilines is 1. The molecule has 4 nitrogen and oxygen atoms in total. The summed E-state index contributed by atoms with van der Waals surface area (Å²) in [6.07, 6.45) is 1.86. The average molecular weight is 383 g/mol. The van der Waals surface area contributed by atoms with Crippen LogP contribution in [0.4, 0.5) is 5.69 Å². The van der Waals surface area contributed by atoms with Crippen molar-refractivity contribution in [2.24, 2.45) is 0 Å². The Kier molecular flexibility index (Phi) is 3.73. The molecule has 2 aromatic carbocycles. The zero-order valence-corrected chi connectivity index (χ0v) is 14.5. The van der Waals surface area contributed by atoms with Crippen LogP contribution in [0.2, 0.25) is 0 Å². The highest BCUT2D eigenvalue weighted by molar-refractivity contribution is 9.10. The lowest BCUT2D eigenvalue weighted by Crippen LogP contribution is -2.38. The van der Waals surface area contributed by atoms with Gasteiger partial charge in [-0.15, -0.1) is 0 Å². The molecule has 0 radical (unpaired) electrons. The Labute approximate surface area is 147 Å². The summed E-state index contributed by atoms with van der Waals surface area (Å²) < 4.78 is 0.906. The molecule has 5 heteroatoms. The number of aromatic nitrogens is 1. The number of halogens is 1. The zero-order chi connectivity index (χ0) is 16.7. The molecule has 0 bridgehead atoms. The molecule has 0 saturated carbocycles. The van der Waals surface area contributed by atoms with Gasteiger partial charge in [-0.25, -0.2) is 0 Å². The van der Waals surface area contributed by atoms with Gasteiger partial charge in [0.1, 0.15) is 5.56 Å². The number of para-hydroxylation sites is 1. The molecule has 0 unspecified atom stereocenters. The molecule has 1 N–H and O–H groups in total. The first-order valence-electron chi connectivity index (χ1n) is 7.86. The SMILES string of the molecule is O=C(c1cc2cc(Br)ccc2[nH]c1=O)N1CCCc2ccccc21. The lowest BCUT2D eigenvalue weighted by molar-refractivity contribution is 0.0984. The number of nitrogens with one attached hydrogen (secondary N) is 1. The fourth-order valence-corrected chi connectivity index (χ4v) is 3.61.